The number of amides is 1. The summed E-state index contributed by atoms with van der Waals surface area (Å²) in [4.78, 5) is 25.9. The van der Waals surface area contributed by atoms with E-state index < -0.39 is 11.7 Å². The third-order valence-corrected chi connectivity index (χ3v) is 3.37. The number of nitrogens with zero attached hydrogens (tertiary/aromatic N) is 3. The molecule has 0 aliphatic rings. The number of hydrogen-bond acceptors (Lipinski definition) is 4. The molecule has 1 unspecified atom stereocenters. The Balaban J connectivity index is 1.70. The molecule has 3 N–H and O–H groups in total. The van der Waals surface area contributed by atoms with Gasteiger partial charge in [-0.3, -0.25) is 14.5 Å². The van der Waals surface area contributed by atoms with Gasteiger partial charge in [0.2, 0.25) is 0 Å². The number of H-pyrrole nitrogens is 2. The molecule has 23 heavy (non-hydrogen) atoms. The SMILES string of the molecule is CC(NC(=O)c1cccc(Cn2cccn2)c1)c1n[nH]c(=O)[nH]1. The zero-order valence-corrected chi connectivity index (χ0v) is 12.5. The van der Waals surface area contributed by atoms with Gasteiger partial charge >= 0.3 is 5.69 Å². The minimum atomic E-state index is -0.406. The van der Waals surface area contributed by atoms with E-state index in [0.717, 1.165) is 5.56 Å². The fourth-order valence-electron chi connectivity index (χ4n) is 2.23. The Bertz CT molecular complexity index is 849. The summed E-state index contributed by atoms with van der Waals surface area (Å²) >= 11 is 0. The van der Waals surface area contributed by atoms with Crippen molar-refractivity contribution in [3.05, 3.63) is 70.2 Å². The van der Waals surface area contributed by atoms with Crippen molar-refractivity contribution in [1.29, 1.82) is 0 Å². The van der Waals surface area contributed by atoms with Crippen LogP contribution < -0.4 is 11.0 Å². The quantitative estimate of drug-likeness (QED) is 0.648. The average molecular weight is 312 g/mol. The molecular weight excluding hydrogens is 296 g/mol. The maximum Gasteiger partial charge on any atom is 0.340 e. The highest BCUT2D eigenvalue weighted by Gasteiger charge is 2.14. The summed E-state index contributed by atoms with van der Waals surface area (Å²) in [6, 6.07) is 8.76. The third kappa shape index (κ3) is 3.54. The highest BCUT2D eigenvalue weighted by molar-refractivity contribution is 5.94. The molecule has 0 aliphatic carbocycles. The summed E-state index contributed by atoms with van der Waals surface area (Å²) in [5.41, 5.74) is 1.11. The summed E-state index contributed by atoms with van der Waals surface area (Å²) in [6.07, 6.45) is 3.58. The molecule has 3 rings (SSSR count). The molecular formula is C15H16N6O2. The smallest absolute Gasteiger partial charge is 0.340 e. The van der Waals surface area contributed by atoms with E-state index in [-0.39, 0.29) is 5.91 Å². The van der Waals surface area contributed by atoms with Gasteiger partial charge in [-0.1, -0.05) is 12.1 Å². The van der Waals surface area contributed by atoms with Crippen LogP contribution in [-0.2, 0) is 6.54 Å². The van der Waals surface area contributed by atoms with Crippen LogP contribution in [0.3, 0.4) is 0 Å². The van der Waals surface area contributed by atoms with Gasteiger partial charge in [-0.25, -0.2) is 9.89 Å². The van der Waals surface area contributed by atoms with E-state index in [4.69, 9.17) is 0 Å². The second-order valence-electron chi connectivity index (χ2n) is 5.16. The van der Waals surface area contributed by atoms with E-state index in [1.165, 1.54) is 0 Å². The van der Waals surface area contributed by atoms with Crippen LogP contribution in [0.25, 0.3) is 0 Å². The van der Waals surface area contributed by atoms with Crippen LogP contribution in [-0.4, -0.2) is 30.9 Å². The summed E-state index contributed by atoms with van der Waals surface area (Å²) in [7, 11) is 0. The Morgan fingerprint density at radius 3 is 2.96 bits per heavy atom. The molecule has 1 aromatic carbocycles. The fourth-order valence-corrected chi connectivity index (χ4v) is 2.23. The molecule has 0 radical (unpaired) electrons. The minimum Gasteiger partial charge on any atom is -0.342 e. The maximum atomic E-state index is 12.3. The van der Waals surface area contributed by atoms with Crippen LogP contribution >= 0.6 is 0 Å². The van der Waals surface area contributed by atoms with E-state index in [9.17, 15) is 9.59 Å². The topological polar surface area (TPSA) is 108 Å². The predicted octanol–water partition coefficient (Wildman–Crippen LogP) is 0.834. The molecule has 118 valence electrons. The molecule has 3 aromatic rings. The highest BCUT2D eigenvalue weighted by atomic mass is 16.2. The first kappa shape index (κ1) is 14.8. The lowest BCUT2D eigenvalue weighted by Crippen LogP contribution is -2.27. The molecule has 0 saturated heterocycles. The van der Waals surface area contributed by atoms with Crippen LogP contribution in [0.4, 0.5) is 0 Å². The van der Waals surface area contributed by atoms with Crippen molar-refractivity contribution < 1.29 is 4.79 Å². The average Bonchev–Trinajstić information content (AvgIpc) is 3.19. The number of aromatic nitrogens is 5. The van der Waals surface area contributed by atoms with E-state index in [2.05, 4.69) is 25.6 Å². The van der Waals surface area contributed by atoms with Crippen LogP contribution in [0.5, 0.6) is 0 Å². The number of hydrogen-bond donors (Lipinski definition) is 3. The van der Waals surface area contributed by atoms with E-state index in [0.29, 0.717) is 17.9 Å². The largest absolute Gasteiger partial charge is 0.342 e. The Morgan fingerprint density at radius 1 is 1.39 bits per heavy atom. The number of aromatic amines is 2. The van der Waals surface area contributed by atoms with E-state index >= 15 is 0 Å². The maximum absolute atomic E-state index is 12.3. The van der Waals surface area contributed by atoms with Crippen LogP contribution in [0.1, 0.15) is 34.7 Å². The van der Waals surface area contributed by atoms with Crippen LogP contribution in [0.15, 0.2) is 47.5 Å². The Hall–Kier alpha value is -3.16. The van der Waals surface area contributed by atoms with Gasteiger partial charge in [0.15, 0.2) is 5.82 Å². The number of rotatable bonds is 5. The third-order valence-electron chi connectivity index (χ3n) is 3.37. The first-order valence-electron chi connectivity index (χ1n) is 7.13. The monoisotopic (exact) mass is 312 g/mol. The van der Waals surface area contributed by atoms with Crippen molar-refractivity contribution >= 4 is 5.91 Å². The predicted molar refractivity (Wildman–Crippen MR) is 82.9 cm³/mol. The second kappa shape index (κ2) is 6.30. The van der Waals surface area contributed by atoms with E-state index in [1.807, 2.05) is 30.5 Å². The fraction of sp³-hybridized carbons (Fsp3) is 0.200. The lowest BCUT2D eigenvalue weighted by molar-refractivity contribution is 0.0938. The molecule has 8 nitrogen and oxygen atoms in total. The molecule has 0 aliphatic heterocycles. The zero-order chi connectivity index (χ0) is 16.2. The molecule has 0 saturated carbocycles. The number of carbonyl (C=O) groups excluding carboxylic acids is 1. The van der Waals surface area contributed by atoms with Gasteiger partial charge in [0.1, 0.15) is 0 Å². The standard InChI is InChI=1S/C15H16N6O2/c1-10(13-18-15(23)20-19-13)17-14(22)12-5-2-4-11(8-12)9-21-7-3-6-16-21/h2-8,10H,9H2,1H3,(H,17,22)(H2,18,19,20,23). The van der Waals surface area contributed by atoms with Gasteiger partial charge in [-0.05, 0) is 30.7 Å². The number of carbonyl (C=O) groups is 1. The van der Waals surface area contributed by atoms with Crippen molar-refractivity contribution in [1.82, 2.24) is 30.3 Å². The van der Waals surface area contributed by atoms with Gasteiger partial charge in [0.05, 0.1) is 12.6 Å². The zero-order valence-electron chi connectivity index (χ0n) is 12.5. The van der Waals surface area contributed by atoms with Crippen molar-refractivity contribution in [2.24, 2.45) is 0 Å². The Morgan fingerprint density at radius 2 is 2.26 bits per heavy atom. The normalized spacial score (nSPS) is 12.0. The lowest BCUT2D eigenvalue weighted by Gasteiger charge is -2.11. The molecule has 0 fully saturated rings. The van der Waals surface area contributed by atoms with Crippen molar-refractivity contribution in [3.63, 3.8) is 0 Å². The van der Waals surface area contributed by atoms with Gasteiger partial charge in [0, 0.05) is 18.0 Å². The van der Waals surface area contributed by atoms with Crippen molar-refractivity contribution in [3.8, 4) is 0 Å². The summed E-state index contributed by atoms with van der Waals surface area (Å²) in [6.45, 7) is 2.34. The van der Waals surface area contributed by atoms with E-state index in [1.54, 1.807) is 23.9 Å². The van der Waals surface area contributed by atoms with Gasteiger partial charge < -0.3 is 5.32 Å². The Kier molecular flexibility index (Phi) is 4.05. The molecule has 1 atom stereocenters. The molecule has 0 bridgehead atoms. The van der Waals surface area contributed by atoms with Gasteiger partial charge in [-0.15, -0.1) is 0 Å². The van der Waals surface area contributed by atoms with Gasteiger partial charge in [-0.2, -0.15) is 10.2 Å². The molecule has 2 heterocycles. The number of benzene rings is 1. The first-order chi connectivity index (χ1) is 11.1. The molecule has 0 spiro atoms. The second-order valence-corrected chi connectivity index (χ2v) is 5.16. The van der Waals surface area contributed by atoms with Crippen molar-refractivity contribution in [2.75, 3.05) is 0 Å². The molecule has 2 aromatic heterocycles. The Labute approximate surface area is 131 Å². The number of nitrogens with one attached hydrogen (secondary N) is 3. The van der Waals surface area contributed by atoms with Crippen LogP contribution in [0.2, 0.25) is 0 Å². The minimum absolute atomic E-state index is 0.233. The first-order valence-corrected chi connectivity index (χ1v) is 7.13. The summed E-state index contributed by atoms with van der Waals surface area (Å²) in [5.74, 6) is 0.153. The van der Waals surface area contributed by atoms with Crippen LogP contribution in [0, 0.1) is 0 Å². The summed E-state index contributed by atoms with van der Waals surface area (Å²) in [5, 5.41) is 13.0. The highest BCUT2D eigenvalue weighted by Crippen LogP contribution is 2.10. The lowest BCUT2D eigenvalue weighted by atomic mass is 10.1. The molecule has 1 amide bonds. The van der Waals surface area contributed by atoms with Gasteiger partial charge in [0.25, 0.3) is 5.91 Å². The summed E-state index contributed by atoms with van der Waals surface area (Å²) < 4.78 is 1.79. The molecule has 8 heteroatoms. The van der Waals surface area contributed by atoms with Crippen molar-refractivity contribution in [2.45, 2.75) is 19.5 Å².